The van der Waals surface area contributed by atoms with Gasteiger partial charge in [0.1, 0.15) is 0 Å². The zero-order chi connectivity index (χ0) is 11.5. The Hall–Kier alpha value is -1.77. The van der Waals surface area contributed by atoms with Gasteiger partial charge in [0.25, 0.3) is 0 Å². The summed E-state index contributed by atoms with van der Waals surface area (Å²) in [5.74, 6) is -0.285. The first-order chi connectivity index (χ1) is 7.76. The van der Waals surface area contributed by atoms with E-state index < -0.39 is 0 Å². The summed E-state index contributed by atoms with van der Waals surface area (Å²) in [5.41, 5.74) is 4.16. The van der Waals surface area contributed by atoms with E-state index in [-0.39, 0.29) is 5.97 Å². The van der Waals surface area contributed by atoms with Crippen LogP contribution in [0.1, 0.15) is 27.9 Å². The van der Waals surface area contributed by atoms with Crippen molar-refractivity contribution in [3.05, 3.63) is 41.2 Å². The van der Waals surface area contributed by atoms with Crippen molar-refractivity contribution in [2.75, 3.05) is 14.2 Å². The van der Waals surface area contributed by atoms with Gasteiger partial charge in [-0.15, -0.1) is 0 Å². The van der Waals surface area contributed by atoms with Gasteiger partial charge in [-0.3, -0.25) is 0 Å². The van der Waals surface area contributed by atoms with Crippen molar-refractivity contribution in [3.8, 4) is 0 Å². The number of esters is 1. The Labute approximate surface area is 94.7 Å². The number of fused-ring (bicyclic) bond motifs is 1. The first-order valence-electron chi connectivity index (χ1n) is 5.19. The summed E-state index contributed by atoms with van der Waals surface area (Å²) < 4.78 is 9.72. The summed E-state index contributed by atoms with van der Waals surface area (Å²) in [6.07, 6.45) is 3.69. The molecule has 0 fully saturated rings. The molecule has 16 heavy (non-hydrogen) atoms. The van der Waals surface area contributed by atoms with Gasteiger partial charge in [-0.1, -0.05) is 6.07 Å². The molecule has 0 spiro atoms. The highest BCUT2D eigenvalue weighted by Gasteiger charge is 2.18. The van der Waals surface area contributed by atoms with Gasteiger partial charge in [0.2, 0.25) is 0 Å². The highest BCUT2D eigenvalue weighted by Crippen LogP contribution is 2.32. The second kappa shape index (κ2) is 4.39. The Morgan fingerprint density at radius 2 is 2.12 bits per heavy atom. The molecule has 0 unspecified atom stereocenters. The predicted molar refractivity (Wildman–Crippen MR) is 61.1 cm³/mol. The van der Waals surface area contributed by atoms with Crippen molar-refractivity contribution in [1.29, 1.82) is 0 Å². The minimum absolute atomic E-state index is 0.285. The third-order valence-corrected chi connectivity index (χ3v) is 2.80. The molecule has 0 N–H and O–H groups in total. The normalized spacial score (nSPS) is 16.0. The Kier molecular flexibility index (Phi) is 2.95. The van der Waals surface area contributed by atoms with E-state index in [9.17, 15) is 4.79 Å². The number of aryl methyl sites for hydroxylation is 1. The summed E-state index contributed by atoms with van der Waals surface area (Å²) >= 11 is 0. The molecule has 3 nitrogen and oxygen atoms in total. The summed E-state index contributed by atoms with van der Waals surface area (Å²) in [6.45, 7) is 0. The average molecular weight is 218 g/mol. The molecule has 0 bridgehead atoms. The van der Waals surface area contributed by atoms with Crippen LogP contribution in [0.2, 0.25) is 0 Å². The predicted octanol–water partition coefficient (Wildman–Crippen LogP) is 2.41. The van der Waals surface area contributed by atoms with Gasteiger partial charge in [-0.2, -0.15) is 0 Å². The van der Waals surface area contributed by atoms with Crippen LogP contribution in [-0.4, -0.2) is 20.2 Å². The van der Waals surface area contributed by atoms with Gasteiger partial charge in [0, 0.05) is 0 Å². The zero-order valence-corrected chi connectivity index (χ0v) is 9.45. The smallest absolute Gasteiger partial charge is 0.337 e. The first-order valence-corrected chi connectivity index (χ1v) is 5.19. The SMILES string of the molecule is CO/C=C1/CCc2cc(C(=O)OC)ccc21. The van der Waals surface area contributed by atoms with Crippen LogP contribution < -0.4 is 0 Å². The Morgan fingerprint density at radius 1 is 1.31 bits per heavy atom. The maximum atomic E-state index is 11.4. The van der Waals surface area contributed by atoms with Crippen molar-refractivity contribution >= 4 is 11.5 Å². The lowest BCUT2D eigenvalue weighted by molar-refractivity contribution is 0.0600. The Bertz CT molecular complexity index is 446. The van der Waals surface area contributed by atoms with Gasteiger partial charge in [0.15, 0.2) is 0 Å². The lowest BCUT2D eigenvalue weighted by Crippen LogP contribution is -2.01. The molecule has 0 radical (unpaired) electrons. The molecule has 0 amide bonds. The fourth-order valence-corrected chi connectivity index (χ4v) is 2.03. The molecule has 0 aromatic heterocycles. The van der Waals surface area contributed by atoms with E-state index in [0.717, 1.165) is 12.8 Å². The number of carbonyl (C=O) groups is 1. The lowest BCUT2D eigenvalue weighted by Gasteiger charge is -2.03. The lowest BCUT2D eigenvalue weighted by atomic mass is 10.1. The number of hydrogen-bond donors (Lipinski definition) is 0. The van der Waals surface area contributed by atoms with E-state index in [0.29, 0.717) is 5.56 Å². The molecule has 84 valence electrons. The van der Waals surface area contributed by atoms with E-state index in [1.165, 1.54) is 23.8 Å². The van der Waals surface area contributed by atoms with E-state index in [1.54, 1.807) is 19.4 Å². The number of benzene rings is 1. The molecule has 0 saturated heterocycles. The number of allylic oxidation sites excluding steroid dienone is 1. The molecule has 0 aliphatic heterocycles. The van der Waals surface area contributed by atoms with Crippen LogP contribution in [0.15, 0.2) is 24.5 Å². The summed E-state index contributed by atoms with van der Waals surface area (Å²) in [7, 11) is 3.04. The third kappa shape index (κ3) is 1.81. The van der Waals surface area contributed by atoms with Crippen LogP contribution in [0.25, 0.3) is 5.57 Å². The number of carbonyl (C=O) groups excluding carboxylic acids is 1. The van der Waals surface area contributed by atoms with Gasteiger partial charge in [-0.25, -0.2) is 4.79 Å². The summed E-state index contributed by atoms with van der Waals surface area (Å²) in [4.78, 5) is 11.4. The molecule has 1 aromatic carbocycles. The Balaban J connectivity index is 2.36. The zero-order valence-electron chi connectivity index (χ0n) is 9.45. The highest BCUT2D eigenvalue weighted by atomic mass is 16.5. The molecule has 0 atom stereocenters. The Morgan fingerprint density at radius 3 is 2.81 bits per heavy atom. The maximum absolute atomic E-state index is 11.4. The number of methoxy groups -OCH3 is 2. The second-order valence-electron chi connectivity index (χ2n) is 3.74. The molecule has 3 heteroatoms. The highest BCUT2D eigenvalue weighted by molar-refractivity contribution is 5.90. The summed E-state index contributed by atoms with van der Waals surface area (Å²) in [6, 6.07) is 5.65. The maximum Gasteiger partial charge on any atom is 0.337 e. The first kappa shape index (κ1) is 10.7. The fraction of sp³-hybridized carbons (Fsp3) is 0.308. The van der Waals surface area contributed by atoms with Crippen LogP contribution in [0.5, 0.6) is 0 Å². The van der Waals surface area contributed by atoms with E-state index in [2.05, 4.69) is 0 Å². The summed E-state index contributed by atoms with van der Waals surface area (Å²) in [5, 5.41) is 0. The third-order valence-electron chi connectivity index (χ3n) is 2.80. The number of hydrogen-bond acceptors (Lipinski definition) is 3. The van der Waals surface area contributed by atoms with Crippen molar-refractivity contribution < 1.29 is 14.3 Å². The quantitative estimate of drug-likeness (QED) is 0.565. The number of ether oxygens (including phenoxy) is 2. The largest absolute Gasteiger partial charge is 0.504 e. The van der Waals surface area contributed by atoms with Crippen LogP contribution in [0.3, 0.4) is 0 Å². The molecular weight excluding hydrogens is 204 g/mol. The molecule has 2 rings (SSSR count). The minimum atomic E-state index is -0.285. The number of rotatable bonds is 2. The van der Waals surface area contributed by atoms with Gasteiger partial charge < -0.3 is 9.47 Å². The average Bonchev–Trinajstić information content (AvgIpc) is 2.71. The van der Waals surface area contributed by atoms with E-state index in [4.69, 9.17) is 9.47 Å². The van der Waals surface area contributed by atoms with Crippen LogP contribution in [-0.2, 0) is 15.9 Å². The topological polar surface area (TPSA) is 35.5 Å². The van der Waals surface area contributed by atoms with Gasteiger partial charge in [-0.05, 0) is 41.7 Å². The van der Waals surface area contributed by atoms with Crippen molar-refractivity contribution in [2.24, 2.45) is 0 Å². The minimum Gasteiger partial charge on any atom is -0.504 e. The fourth-order valence-electron chi connectivity index (χ4n) is 2.03. The van der Waals surface area contributed by atoms with E-state index in [1.807, 2.05) is 12.1 Å². The monoisotopic (exact) mass is 218 g/mol. The molecule has 0 saturated carbocycles. The van der Waals surface area contributed by atoms with Crippen LogP contribution >= 0.6 is 0 Å². The van der Waals surface area contributed by atoms with Crippen LogP contribution in [0.4, 0.5) is 0 Å². The molecule has 1 aromatic rings. The van der Waals surface area contributed by atoms with Gasteiger partial charge >= 0.3 is 5.97 Å². The van der Waals surface area contributed by atoms with Crippen molar-refractivity contribution in [1.82, 2.24) is 0 Å². The second-order valence-corrected chi connectivity index (χ2v) is 3.74. The molecule has 1 aliphatic rings. The van der Waals surface area contributed by atoms with E-state index >= 15 is 0 Å². The molecule has 0 heterocycles. The van der Waals surface area contributed by atoms with Crippen molar-refractivity contribution in [2.45, 2.75) is 12.8 Å². The van der Waals surface area contributed by atoms with Crippen LogP contribution in [0, 0.1) is 0 Å². The molecular formula is C13H14O3. The standard InChI is InChI=1S/C13H14O3/c1-15-8-11-4-3-9-7-10(13(14)16-2)5-6-12(9)11/h5-8H,3-4H2,1-2H3/b11-8-. The van der Waals surface area contributed by atoms with Crippen molar-refractivity contribution in [3.63, 3.8) is 0 Å². The molecule has 1 aliphatic carbocycles. The van der Waals surface area contributed by atoms with Gasteiger partial charge in [0.05, 0.1) is 26.0 Å².